The third-order valence-corrected chi connectivity index (χ3v) is 6.60. The number of nitrogens with one attached hydrogen (secondary N) is 2. The molecule has 3 amide bonds. The maximum atomic E-state index is 12.5. The lowest BCUT2D eigenvalue weighted by atomic mass is 10.0. The molecule has 4 aliphatic rings. The molecule has 4 aliphatic heterocycles. The normalized spacial score (nSPS) is 34.3. The van der Waals surface area contributed by atoms with Gasteiger partial charge in [0.15, 0.2) is 0 Å². The number of piperidine rings is 1. The van der Waals surface area contributed by atoms with E-state index in [0.29, 0.717) is 32.0 Å². The molecule has 0 aromatic rings. The molecule has 0 aromatic heterocycles. The molecule has 0 aliphatic carbocycles. The lowest BCUT2D eigenvalue weighted by Crippen LogP contribution is -2.50. The molecule has 10 nitrogen and oxygen atoms in total. The minimum atomic E-state index is -0.521. The van der Waals surface area contributed by atoms with Crippen LogP contribution in [0.5, 0.6) is 0 Å². The van der Waals surface area contributed by atoms with E-state index in [0.717, 1.165) is 39.1 Å². The molecule has 2 unspecified atom stereocenters. The summed E-state index contributed by atoms with van der Waals surface area (Å²) in [6.07, 6.45) is 2.31. The van der Waals surface area contributed by atoms with Gasteiger partial charge in [-0.3, -0.25) is 14.5 Å². The number of thiol groups is 1. The molecule has 4 heterocycles. The maximum absolute atomic E-state index is 12.5. The lowest BCUT2D eigenvalue weighted by Gasteiger charge is -2.36. The van der Waals surface area contributed by atoms with Crippen molar-refractivity contribution in [2.75, 3.05) is 52.9 Å². The van der Waals surface area contributed by atoms with E-state index >= 15 is 0 Å². The third kappa shape index (κ3) is 4.10. The zero-order chi connectivity index (χ0) is 19.7. The number of carbonyl (C=O) groups excluding carboxylic acids is 2. The van der Waals surface area contributed by atoms with Crippen molar-refractivity contribution in [3.05, 3.63) is 0 Å². The molecule has 4 fully saturated rings. The zero-order valence-corrected chi connectivity index (χ0v) is 17.1. The number of hydrogen-bond donors (Lipinski definition) is 3. The number of hydrogen-bond acceptors (Lipinski definition) is 8. The number of rotatable bonds is 6. The summed E-state index contributed by atoms with van der Waals surface area (Å²) in [5, 5.41) is 4.72. The van der Waals surface area contributed by atoms with Gasteiger partial charge in [-0.05, 0) is 26.3 Å². The highest BCUT2D eigenvalue weighted by molar-refractivity contribution is 7.75. The van der Waals surface area contributed by atoms with Gasteiger partial charge in [0.2, 0.25) is 0 Å². The Hall–Kier alpha value is -1.11. The summed E-state index contributed by atoms with van der Waals surface area (Å²) >= 11 is 3.73. The Bertz CT molecular complexity index is 590. The van der Waals surface area contributed by atoms with Crippen LogP contribution in [0.15, 0.2) is 0 Å². The Morgan fingerprint density at radius 3 is 2.79 bits per heavy atom. The van der Waals surface area contributed by atoms with Gasteiger partial charge in [-0.15, -0.1) is 0 Å². The summed E-state index contributed by atoms with van der Waals surface area (Å²) in [4.78, 5) is 36.7. The molecular weight excluding hydrogens is 384 g/mol. The molecule has 0 saturated carbocycles. The van der Waals surface area contributed by atoms with Crippen molar-refractivity contribution in [1.29, 1.82) is 0 Å². The summed E-state index contributed by atoms with van der Waals surface area (Å²) in [6.45, 7) is 6.29. The molecule has 4 saturated heterocycles. The van der Waals surface area contributed by atoms with Gasteiger partial charge in [0.25, 0.3) is 5.91 Å². The second kappa shape index (κ2) is 8.72. The number of piperazine rings is 1. The highest BCUT2D eigenvalue weighted by atomic mass is 32.1. The first-order chi connectivity index (χ1) is 13.6. The summed E-state index contributed by atoms with van der Waals surface area (Å²) < 4.78 is 4.84. The SMILES string of the molecule is CN1CCN([C@H]2CN[C@@H](CONC(=O)C3CCC4CN3C(=O)N4OS)C2)CC1. The molecule has 2 bridgehead atoms. The minimum absolute atomic E-state index is 0.0378. The van der Waals surface area contributed by atoms with Crippen LogP contribution in [0.3, 0.4) is 0 Å². The Morgan fingerprint density at radius 1 is 1.25 bits per heavy atom. The topological polar surface area (TPSA) is 89.6 Å². The zero-order valence-electron chi connectivity index (χ0n) is 16.2. The van der Waals surface area contributed by atoms with E-state index in [4.69, 9.17) is 9.12 Å². The van der Waals surface area contributed by atoms with E-state index in [9.17, 15) is 9.59 Å². The largest absolute Gasteiger partial charge is 0.345 e. The molecule has 0 aromatic carbocycles. The van der Waals surface area contributed by atoms with Crippen LogP contribution < -0.4 is 10.8 Å². The summed E-state index contributed by atoms with van der Waals surface area (Å²) in [7, 11) is 2.16. The van der Waals surface area contributed by atoms with E-state index in [1.165, 1.54) is 9.96 Å². The molecule has 0 spiro atoms. The monoisotopic (exact) mass is 414 g/mol. The van der Waals surface area contributed by atoms with Crippen LogP contribution in [0.2, 0.25) is 0 Å². The molecule has 11 heteroatoms. The van der Waals surface area contributed by atoms with Crippen LogP contribution in [0, 0.1) is 0 Å². The number of amides is 3. The van der Waals surface area contributed by atoms with Crippen molar-refractivity contribution in [3.63, 3.8) is 0 Å². The van der Waals surface area contributed by atoms with E-state index in [2.05, 4.69) is 40.6 Å². The highest BCUT2D eigenvalue weighted by Gasteiger charge is 2.48. The minimum Gasteiger partial charge on any atom is -0.310 e. The van der Waals surface area contributed by atoms with Crippen molar-refractivity contribution in [2.45, 2.75) is 43.4 Å². The first kappa shape index (κ1) is 20.2. The average molecular weight is 415 g/mol. The second-order valence-electron chi connectivity index (χ2n) is 8.20. The number of fused-ring (bicyclic) bond motifs is 2. The van der Waals surface area contributed by atoms with Gasteiger partial charge < -0.3 is 15.1 Å². The Labute approximate surface area is 171 Å². The fourth-order valence-corrected chi connectivity index (χ4v) is 4.89. The molecule has 4 atom stereocenters. The van der Waals surface area contributed by atoms with Gasteiger partial charge in [0.05, 0.1) is 12.6 Å². The van der Waals surface area contributed by atoms with Crippen molar-refractivity contribution in [3.8, 4) is 0 Å². The van der Waals surface area contributed by atoms with Crippen LogP contribution >= 0.6 is 12.9 Å². The fourth-order valence-electron chi connectivity index (χ4n) is 4.68. The summed E-state index contributed by atoms with van der Waals surface area (Å²) in [5.41, 5.74) is 2.54. The smallest absolute Gasteiger partial charge is 0.310 e. The van der Waals surface area contributed by atoms with Crippen LogP contribution in [0.1, 0.15) is 19.3 Å². The Morgan fingerprint density at radius 2 is 2.04 bits per heavy atom. The van der Waals surface area contributed by atoms with Crippen molar-refractivity contribution in [1.82, 2.24) is 30.6 Å². The average Bonchev–Trinajstić information content (AvgIpc) is 3.26. The number of likely N-dealkylation sites (N-methyl/N-ethyl adjacent to an activating group) is 1. The quantitative estimate of drug-likeness (QED) is 0.294. The summed E-state index contributed by atoms with van der Waals surface area (Å²) in [6, 6.07) is -0.119. The number of hydroxylamine groups is 3. The number of nitrogens with zero attached hydrogens (tertiary/aromatic N) is 4. The molecular formula is C17H30N6O4S. The lowest BCUT2D eigenvalue weighted by molar-refractivity contribution is -0.139. The molecule has 158 valence electrons. The van der Waals surface area contributed by atoms with Crippen LogP contribution in [0.4, 0.5) is 4.79 Å². The van der Waals surface area contributed by atoms with E-state index in [1.54, 1.807) is 0 Å². The van der Waals surface area contributed by atoms with Crippen molar-refractivity contribution in [2.24, 2.45) is 0 Å². The number of carbonyl (C=O) groups is 2. The van der Waals surface area contributed by atoms with Gasteiger partial charge >= 0.3 is 6.03 Å². The van der Waals surface area contributed by atoms with E-state index in [-0.39, 0.29) is 24.0 Å². The van der Waals surface area contributed by atoms with Crippen LogP contribution in [-0.4, -0.2) is 109 Å². The van der Waals surface area contributed by atoms with Gasteiger partial charge in [-0.2, -0.15) is 5.06 Å². The third-order valence-electron chi connectivity index (χ3n) is 6.42. The predicted molar refractivity (Wildman–Crippen MR) is 104 cm³/mol. The van der Waals surface area contributed by atoms with Crippen molar-refractivity contribution >= 4 is 24.8 Å². The van der Waals surface area contributed by atoms with Crippen LogP contribution in [-0.2, 0) is 13.9 Å². The Balaban J connectivity index is 1.19. The predicted octanol–water partition coefficient (Wildman–Crippen LogP) is -0.943. The van der Waals surface area contributed by atoms with Gasteiger partial charge in [0.1, 0.15) is 6.04 Å². The van der Waals surface area contributed by atoms with Crippen molar-refractivity contribution < 1.29 is 18.7 Å². The highest BCUT2D eigenvalue weighted by Crippen LogP contribution is 2.30. The second-order valence-corrected chi connectivity index (χ2v) is 8.36. The summed E-state index contributed by atoms with van der Waals surface area (Å²) in [5.74, 6) is -0.276. The first-order valence-electron chi connectivity index (χ1n) is 10.1. The maximum Gasteiger partial charge on any atom is 0.345 e. The van der Waals surface area contributed by atoms with E-state index < -0.39 is 6.04 Å². The van der Waals surface area contributed by atoms with Crippen LogP contribution in [0.25, 0.3) is 0 Å². The molecule has 4 rings (SSSR count). The number of urea groups is 1. The van der Waals surface area contributed by atoms with E-state index in [1.807, 2.05) is 0 Å². The molecule has 2 N–H and O–H groups in total. The molecule has 28 heavy (non-hydrogen) atoms. The first-order valence-corrected chi connectivity index (χ1v) is 10.4. The standard InChI is InChI=1S/C17H30N6O4S/c1-20-4-6-21(7-5-20)14-8-12(18-9-14)11-26-19-16(24)15-3-2-13-10-22(15)17(25)23(13)27-28/h12-15,18,28H,2-11H2,1H3,(H,19,24)/t12-,13?,14-,15?/m1/s1. The van der Waals surface area contributed by atoms with Gasteiger partial charge in [-0.25, -0.2) is 14.6 Å². The molecule has 0 radical (unpaired) electrons. The fraction of sp³-hybridized carbons (Fsp3) is 0.882. The van der Waals surface area contributed by atoms with Gasteiger partial charge in [-0.1, -0.05) is 0 Å². The Kier molecular flexibility index (Phi) is 6.28. The van der Waals surface area contributed by atoms with Gasteiger partial charge in [0, 0.05) is 64.3 Å².